The number of alkyl halides is 3. The van der Waals surface area contributed by atoms with Crippen LogP contribution in [0, 0.1) is 0 Å². The van der Waals surface area contributed by atoms with Crippen molar-refractivity contribution in [2.24, 2.45) is 0 Å². The number of hydrogen-bond acceptors (Lipinski definition) is 1. The minimum Gasteiger partial charge on any atom is -0.497 e. The van der Waals surface area contributed by atoms with Gasteiger partial charge in [-0.2, -0.15) is 13.2 Å². The SMILES string of the molecule is COc1ccc2c(c1)-c1cc(C(F)(F)F)ccc1[Si]2(C)C. The summed E-state index contributed by atoms with van der Waals surface area (Å²) < 4.78 is 44.1. The van der Waals surface area contributed by atoms with Crippen LogP contribution in [0.25, 0.3) is 11.1 Å². The monoisotopic (exact) mass is 308 g/mol. The van der Waals surface area contributed by atoms with Gasteiger partial charge in [0.05, 0.1) is 12.7 Å². The molecule has 1 aliphatic heterocycles. The third-order valence-electron chi connectivity index (χ3n) is 4.21. The summed E-state index contributed by atoms with van der Waals surface area (Å²) in [5.74, 6) is 0.670. The fraction of sp³-hybridized carbons (Fsp3) is 0.250. The Kier molecular flexibility index (Phi) is 2.95. The van der Waals surface area contributed by atoms with E-state index in [1.54, 1.807) is 13.2 Å². The first-order valence-electron chi connectivity index (χ1n) is 6.66. The third kappa shape index (κ3) is 2.07. The van der Waals surface area contributed by atoms with E-state index in [0.29, 0.717) is 11.3 Å². The highest BCUT2D eigenvalue weighted by Crippen LogP contribution is 2.36. The van der Waals surface area contributed by atoms with Crippen LogP contribution in [0.4, 0.5) is 13.2 Å². The molecule has 0 bridgehead atoms. The molecule has 0 atom stereocenters. The largest absolute Gasteiger partial charge is 0.497 e. The Balaban J connectivity index is 2.28. The van der Waals surface area contributed by atoms with Gasteiger partial charge >= 0.3 is 6.18 Å². The van der Waals surface area contributed by atoms with Crippen molar-refractivity contribution in [1.29, 1.82) is 0 Å². The van der Waals surface area contributed by atoms with Crippen LogP contribution < -0.4 is 15.1 Å². The van der Waals surface area contributed by atoms with Crippen molar-refractivity contribution >= 4 is 18.4 Å². The van der Waals surface area contributed by atoms with Gasteiger partial charge in [-0.15, -0.1) is 0 Å². The number of methoxy groups -OCH3 is 1. The summed E-state index contributed by atoms with van der Waals surface area (Å²) in [4.78, 5) is 0. The quantitative estimate of drug-likeness (QED) is 0.733. The van der Waals surface area contributed by atoms with E-state index in [2.05, 4.69) is 13.1 Å². The van der Waals surface area contributed by atoms with Crippen molar-refractivity contribution in [2.45, 2.75) is 19.3 Å². The average Bonchev–Trinajstić information content (AvgIpc) is 2.66. The van der Waals surface area contributed by atoms with Gasteiger partial charge < -0.3 is 4.74 Å². The Morgan fingerprint density at radius 1 is 0.905 bits per heavy atom. The summed E-state index contributed by atoms with van der Waals surface area (Å²) in [5, 5.41) is 2.22. The van der Waals surface area contributed by atoms with Gasteiger partial charge in [-0.1, -0.05) is 31.3 Å². The van der Waals surface area contributed by atoms with Gasteiger partial charge in [-0.3, -0.25) is 0 Å². The van der Waals surface area contributed by atoms with E-state index < -0.39 is 19.8 Å². The Hall–Kier alpha value is -1.75. The molecule has 0 radical (unpaired) electrons. The molecule has 0 saturated heterocycles. The molecule has 0 unspecified atom stereocenters. The van der Waals surface area contributed by atoms with Gasteiger partial charge in [-0.05, 0) is 39.7 Å². The topological polar surface area (TPSA) is 9.23 Å². The molecule has 110 valence electrons. The Labute approximate surface area is 122 Å². The third-order valence-corrected chi connectivity index (χ3v) is 7.78. The van der Waals surface area contributed by atoms with Gasteiger partial charge in [-0.25, -0.2) is 0 Å². The van der Waals surface area contributed by atoms with E-state index in [-0.39, 0.29) is 0 Å². The molecule has 0 spiro atoms. The van der Waals surface area contributed by atoms with Crippen molar-refractivity contribution in [1.82, 2.24) is 0 Å². The summed E-state index contributed by atoms with van der Waals surface area (Å²) in [6, 6.07) is 9.83. The molecular weight excluding hydrogens is 293 g/mol. The highest BCUT2D eigenvalue weighted by atomic mass is 28.3. The van der Waals surface area contributed by atoms with E-state index >= 15 is 0 Å². The lowest BCUT2D eigenvalue weighted by atomic mass is 10.0. The van der Waals surface area contributed by atoms with Crippen LogP contribution >= 0.6 is 0 Å². The molecular formula is C16H15F3OSi. The van der Waals surface area contributed by atoms with E-state index in [9.17, 15) is 13.2 Å². The second-order valence-electron chi connectivity index (χ2n) is 5.79. The number of ether oxygens (including phenoxy) is 1. The van der Waals surface area contributed by atoms with Gasteiger partial charge in [0.25, 0.3) is 0 Å². The summed E-state index contributed by atoms with van der Waals surface area (Å²) in [7, 11) is -0.360. The summed E-state index contributed by atoms with van der Waals surface area (Å²) >= 11 is 0. The highest BCUT2D eigenvalue weighted by Gasteiger charge is 2.39. The Morgan fingerprint density at radius 3 is 2.05 bits per heavy atom. The van der Waals surface area contributed by atoms with Gasteiger partial charge in [0.15, 0.2) is 0 Å². The molecule has 5 heteroatoms. The van der Waals surface area contributed by atoms with Crippen molar-refractivity contribution in [3.8, 4) is 16.9 Å². The fourth-order valence-corrected chi connectivity index (χ4v) is 6.10. The summed E-state index contributed by atoms with van der Waals surface area (Å²) in [6.07, 6.45) is -4.32. The fourth-order valence-electron chi connectivity index (χ4n) is 3.05. The predicted octanol–water partition coefficient (Wildman–Crippen LogP) is 3.52. The maximum atomic E-state index is 13.0. The van der Waals surface area contributed by atoms with Crippen molar-refractivity contribution in [2.75, 3.05) is 7.11 Å². The zero-order valence-corrected chi connectivity index (χ0v) is 13.0. The maximum absolute atomic E-state index is 13.0. The van der Waals surface area contributed by atoms with Crippen LogP contribution in [0.2, 0.25) is 13.1 Å². The normalized spacial score (nSPS) is 15.5. The molecule has 0 aliphatic carbocycles. The van der Waals surface area contributed by atoms with E-state index in [0.717, 1.165) is 15.9 Å². The molecule has 2 aromatic carbocycles. The molecule has 3 rings (SSSR count). The molecule has 1 nitrogen and oxygen atoms in total. The Morgan fingerprint density at radius 2 is 1.48 bits per heavy atom. The minimum absolute atomic E-state index is 0.596. The minimum atomic E-state index is -4.32. The summed E-state index contributed by atoms with van der Waals surface area (Å²) in [6.45, 7) is 4.33. The Bertz CT molecular complexity index is 720. The van der Waals surface area contributed by atoms with Gasteiger partial charge in [0.2, 0.25) is 0 Å². The first kappa shape index (κ1) is 14.2. The highest BCUT2D eigenvalue weighted by molar-refractivity contribution is 7.03. The molecule has 2 aromatic rings. The van der Waals surface area contributed by atoms with Gasteiger partial charge in [0, 0.05) is 0 Å². The molecule has 1 aliphatic rings. The zero-order valence-electron chi connectivity index (χ0n) is 12.0. The summed E-state index contributed by atoms with van der Waals surface area (Å²) in [5.41, 5.74) is 0.990. The van der Waals surface area contributed by atoms with Crippen LogP contribution in [0.1, 0.15) is 5.56 Å². The van der Waals surface area contributed by atoms with Gasteiger partial charge in [0.1, 0.15) is 13.8 Å². The van der Waals surface area contributed by atoms with Crippen LogP contribution in [0.15, 0.2) is 36.4 Å². The standard InChI is InChI=1S/C16H15F3OSi/c1-20-11-5-7-15-13(9-11)12-8-10(16(17,18)19)4-6-14(12)21(15,2)3/h4-9H,1-3H3. The van der Waals surface area contributed by atoms with E-state index in [1.807, 2.05) is 18.2 Å². The second-order valence-corrected chi connectivity index (χ2v) is 10.1. The molecule has 0 fully saturated rings. The van der Waals surface area contributed by atoms with E-state index in [1.165, 1.54) is 12.1 Å². The molecule has 0 saturated carbocycles. The lowest BCUT2D eigenvalue weighted by molar-refractivity contribution is -0.137. The number of rotatable bonds is 1. The van der Waals surface area contributed by atoms with Crippen LogP contribution in [-0.2, 0) is 6.18 Å². The first-order chi connectivity index (χ1) is 9.75. The number of hydrogen-bond donors (Lipinski definition) is 0. The van der Waals surface area contributed by atoms with Crippen molar-refractivity contribution in [3.63, 3.8) is 0 Å². The van der Waals surface area contributed by atoms with Crippen LogP contribution in [0.5, 0.6) is 5.75 Å². The smallest absolute Gasteiger partial charge is 0.416 e. The lowest BCUT2D eigenvalue weighted by Crippen LogP contribution is -2.49. The van der Waals surface area contributed by atoms with E-state index in [4.69, 9.17) is 4.74 Å². The average molecular weight is 308 g/mol. The molecule has 0 amide bonds. The predicted molar refractivity (Wildman–Crippen MR) is 80.2 cm³/mol. The lowest BCUT2D eigenvalue weighted by Gasteiger charge is -2.19. The van der Waals surface area contributed by atoms with Crippen molar-refractivity contribution < 1.29 is 17.9 Å². The molecule has 1 heterocycles. The van der Waals surface area contributed by atoms with Crippen LogP contribution in [-0.4, -0.2) is 15.2 Å². The first-order valence-corrected chi connectivity index (χ1v) is 9.66. The number of fused-ring (bicyclic) bond motifs is 3. The molecule has 0 aromatic heterocycles. The second kappa shape index (κ2) is 4.37. The zero-order chi connectivity index (χ0) is 15.4. The number of halogens is 3. The number of benzene rings is 2. The molecule has 0 N–H and O–H groups in total. The van der Waals surface area contributed by atoms with Crippen molar-refractivity contribution in [3.05, 3.63) is 42.0 Å². The molecule has 21 heavy (non-hydrogen) atoms. The van der Waals surface area contributed by atoms with Crippen LogP contribution in [0.3, 0.4) is 0 Å². The maximum Gasteiger partial charge on any atom is 0.416 e.